The van der Waals surface area contributed by atoms with Crippen molar-refractivity contribution >= 4 is 23.7 Å². The largest absolute Gasteiger partial charge is 0.370 e. The third kappa shape index (κ3) is 5.45. The molecule has 0 aliphatic carbocycles. The lowest BCUT2D eigenvalue weighted by Crippen LogP contribution is -2.12. The molecular formula is C21H25N5S. The summed E-state index contributed by atoms with van der Waals surface area (Å²) in [7, 11) is 0. The van der Waals surface area contributed by atoms with E-state index in [0.29, 0.717) is 0 Å². The van der Waals surface area contributed by atoms with Gasteiger partial charge < -0.3 is 11.1 Å². The van der Waals surface area contributed by atoms with Crippen LogP contribution in [0.5, 0.6) is 0 Å². The van der Waals surface area contributed by atoms with Gasteiger partial charge >= 0.3 is 0 Å². The highest BCUT2D eigenvalue weighted by atomic mass is 32.2. The molecule has 6 heteroatoms. The quantitative estimate of drug-likeness (QED) is 0.397. The van der Waals surface area contributed by atoms with Crippen molar-refractivity contribution in [3.05, 3.63) is 65.7 Å². The van der Waals surface area contributed by atoms with Gasteiger partial charge in [0.2, 0.25) is 5.95 Å². The fourth-order valence-corrected chi connectivity index (χ4v) is 3.43. The normalized spacial score (nSPS) is 10.7. The van der Waals surface area contributed by atoms with Crippen LogP contribution in [-0.2, 0) is 0 Å². The Morgan fingerprint density at radius 3 is 2.59 bits per heavy atom. The molecule has 0 unspecified atom stereocenters. The smallest absolute Gasteiger partial charge is 0.222 e. The van der Waals surface area contributed by atoms with Gasteiger partial charge in [-0.15, -0.1) is 0 Å². The number of aromatic nitrogens is 2. The average molecular weight is 380 g/mol. The second-order valence-corrected chi connectivity index (χ2v) is 7.30. The van der Waals surface area contributed by atoms with Crippen LogP contribution in [0.15, 0.2) is 59.5 Å². The van der Waals surface area contributed by atoms with Crippen molar-refractivity contribution in [2.75, 3.05) is 24.1 Å². The zero-order valence-corrected chi connectivity index (χ0v) is 16.5. The van der Waals surface area contributed by atoms with Crippen molar-refractivity contribution < 1.29 is 0 Å². The predicted octanol–water partition coefficient (Wildman–Crippen LogP) is 4.44. The lowest BCUT2D eigenvalue weighted by atomic mass is 10.0. The molecule has 0 aliphatic heterocycles. The maximum Gasteiger partial charge on any atom is 0.222 e. The molecule has 0 spiro atoms. The molecule has 0 radical (unpaired) electrons. The van der Waals surface area contributed by atoms with Gasteiger partial charge in [-0.1, -0.05) is 36.4 Å². The van der Waals surface area contributed by atoms with Gasteiger partial charge in [-0.05, 0) is 55.5 Å². The molecule has 0 saturated heterocycles. The predicted molar refractivity (Wildman–Crippen MR) is 115 cm³/mol. The Kier molecular flexibility index (Phi) is 6.68. The molecule has 0 aliphatic rings. The van der Waals surface area contributed by atoms with Crippen LogP contribution in [0.4, 0.5) is 11.8 Å². The van der Waals surface area contributed by atoms with Crippen LogP contribution in [0.25, 0.3) is 11.3 Å². The van der Waals surface area contributed by atoms with Crippen molar-refractivity contribution in [2.45, 2.75) is 25.2 Å². The fourth-order valence-electron chi connectivity index (χ4n) is 2.72. The summed E-state index contributed by atoms with van der Waals surface area (Å²) in [6.45, 7) is 5.91. The SMILES string of the molecule is Cc1cccc(-c2cc(NCCCNSc3ccccc3)nc(N)n2)c1C. The highest BCUT2D eigenvalue weighted by molar-refractivity contribution is 7.97. The number of benzene rings is 2. The standard InChI is InChI=1S/C21H25N5S/c1-15-8-6-11-18(16(15)2)19-14-20(26-21(22)25-19)23-12-7-13-24-27-17-9-4-3-5-10-17/h3-6,8-11,14,24H,7,12-13H2,1-2H3,(H3,22,23,25,26). The molecule has 0 amide bonds. The maximum absolute atomic E-state index is 5.92. The lowest BCUT2D eigenvalue weighted by molar-refractivity contribution is 0.830. The lowest BCUT2D eigenvalue weighted by Gasteiger charge is -2.11. The monoisotopic (exact) mass is 379 g/mol. The number of hydrogen-bond acceptors (Lipinski definition) is 6. The highest BCUT2D eigenvalue weighted by Gasteiger charge is 2.08. The summed E-state index contributed by atoms with van der Waals surface area (Å²) in [5.74, 6) is 1.04. The second-order valence-electron chi connectivity index (χ2n) is 6.33. The Bertz CT molecular complexity index is 883. The topological polar surface area (TPSA) is 75.9 Å². The van der Waals surface area contributed by atoms with Crippen LogP contribution in [0, 0.1) is 13.8 Å². The summed E-state index contributed by atoms with van der Waals surface area (Å²) < 4.78 is 3.37. The molecule has 0 bridgehead atoms. The minimum absolute atomic E-state index is 0.286. The molecule has 0 saturated carbocycles. The number of nitrogens with two attached hydrogens (primary N) is 1. The van der Waals surface area contributed by atoms with Crippen molar-refractivity contribution in [1.82, 2.24) is 14.7 Å². The number of aryl methyl sites for hydroxylation is 1. The molecule has 0 atom stereocenters. The minimum Gasteiger partial charge on any atom is -0.370 e. The molecule has 140 valence electrons. The van der Waals surface area contributed by atoms with E-state index < -0.39 is 0 Å². The number of nitrogens with one attached hydrogen (secondary N) is 2. The Morgan fingerprint density at radius 2 is 1.78 bits per heavy atom. The van der Waals surface area contributed by atoms with E-state index in [1.807, 2.05) is 30.3 Å². The van der Waals surface area contributed by atoms with Crippen molar-refractivity contribution in [2.24, 2.45) is 0 Å². The third-order valence-electron chi connectivity index (χ3n) is 4.32. The third-order valence-corrected chi connectivity index (χ3v) is 5.18. The van der Waals surface area contributed by atoms with Gasteiger partial charge in [0.05, 0.1) is 5.69 Å². The molecule has 2 aromatic carbocycles. The van der Waals surface area contributed by atoms with Gasteiger partial charge in [0.25, 0.3) is 0 Å². The summed E-state index contributed by atoms with van der Waals surface area (Å²) in [4.78, 5) is 9.93. The van der Waals surface area contributed by atoms with E-state index in [1.54, 1.807) is 11.9 Å². The molecule has 5 nitrogen and oxygen atoms in total. The van der Waals surface area contributed by atoms with Gasteiger partial charge in [-0.25, -0.2) is 4.98 Å². The van der Waals surface area contributed by atoms with Gasteiger partial charge in [-0.2, -0.15) is 4.98 Å². The second kappa shape index (κ2) is 9.39. The Morgan fingerprint density at radius 1 is 0.963 bits per heavy atom. The Hall–Kier alpha value is -2.57. The Labute approximate surface area is 165 Å². The molecular weight excluding hydrogens is 354 g/mol. The Balaban J connectivity index is 1.53. The van der Waals surface area contributed by atoms with E-state index in [-0.39, 0.29) is 5.95 Å². The average Bonchev–Trinajstić information content (AvgIpc) is 2.67. The maximum atomic E-state index is 5.92. The zero-order chi connectivity index (χ0) is 19.1. The van der Waals surface area contributed by atoms with Crippen LogP contribution in [0.1, 0.15) is 17.5 Å². The van der Waals surface area contributed by atoms with E-state index in [9.17, 15) is 0 Å². The number of hydrogen-bond donors (Lipinski definition) is 3. The van der Waals surface area contributed by atoms with E-state index in [1.165, 1.54) is 16.0 Å². The van der Waals surface area contributed by atoms with Gasteiger partial charge in [0.15, 0.2) is 0 Å². The summed E-state index contributed by atoms with van der Waals surface area (Å²) in [5, 5.41) is 3.35. The molecule has 27 heavy (non-hydrogen) atoms. The summed E-state index contributed by atoms with van der Waals surface area (Å²) >= 11 is 1.65. The van der Waals surface area contributed by atoms with Gasteiger partial charge in [0.1, 0.15) is 5.82 Å². The van der Waals surface area contributed by atoms with E-state index >= 15 is 0 Å². The molecule has 3 aromatic rings. The number of nitrogen functional groups attached to an aromatic ring is 1. The molecule has 3 rings (SSSR count). The first-order valence-corrected chi connectivity index (χ1v) is 9.85. The first-order valence-electron chi connectivity index (χ1n) is 9.03. The van der Waals surface area contributed by atoms with Crippen LogP contribution in [0.2, 0.25) is 0 Å². The molecule has 1 heterocycles. The van der Waals surface area contributed by atoms with Crippen LogP contribution < -0.4 is 15.8 Å². The first-order chi connectivity index (χ1) is 13.1. The van der Waals surface area contributed by atoms with E-state index in [4.69, 9.17) is 5.73 Å². The van der Waals surface area contributed by atoms with Crippen LogP contribution in [0.3, 0.4) is 0 Å². The van der Waals surface area contributed by atoms with Crippen LogP contribution >= 0.6 is 11.9 Å². The van der Waals surface area contributed by atoms with Gasteiger partial charge in [-0.3, -0.25) is 4.72 Å². The fraction of sp³-hybridized carbons (Fsp3) is 0.238. The van der Waals surface area contributed by atoms with E-state index in [0.717, 1.165) is 36.6 Å². The van der Waals surface area contributed by atoms with Gasteiger partial charge in [0, 0.05) is 29.6 Å². The molecule has 0 fully saturated rings. The number of anilines is 2. The first kappa shape index (κ1) is 19.2. The summed E-state index contributed by atoms with van der Waals surface area (Å²) in [6.07, 6.45) is 0.975. The van der Waals surface area contributed by atoms with Crippen LogP contribution in [-0.4, -0.2) is 23.1 Å². The van der Waals surface area contributed by atoms with E-state index in [2.05, 4.69) is 58.1 Å². The number of rotatable bonds is 8. The zero-order valence-electron chi connectivity index (χ0n) is 15.7. The van der Waals surface area contributed by atoms with Crippen molar-refractivity contribution in [1.29, 1.82) is 0 Å². The summed E-state index contributed by atoms with van der Waals surface area (Å²) in [5.41, 5.74) is 10.3. The highest BCUT2D eigenvalue weighted by Crippen LogP contribution is 2.26. The summed E-state index contributed by atoms with van der Waals surface area (Å²) in [6, 6.07) is 18.5. The molecule has 4 N–H and O–H groups in total. The molecule has 1 aromatic heterocycles. The number of nitrogens with zero attached hydrogens (tertiary/aromatic N) is 2. The minimum atomic E-state index is 0.286. The van der Waals surface area contributed by atoms with Crippen molar-refractivity contribution in [3.8, 4) is 11.3 Å². The van der Waals surface area contributed by atoms with Crippen molar-refractivity contribution in [3.63, 3.8) is 0 Å².